The van der Waals surface area contributed by atoms with Crippen molar-refractivity contribution in [2.24, 2.45) is 0 Å². The largest absolute Gasteiger partial charge is 0.483 e. The summed E-state index contributed by atoms with van der Waals surface area (Å²) in [6, 6.07) is 9.58. The second kappa shape index (κ2) is 7.18. The Bertz CT molecular complexity index is 724. The van der Waals surface area contributed by atoms with Crippen LogP contribution in [0.1, 0.15) is 29.2 Å². The second-order valence-corrected chi connectivity index (χ2v) is 5.76. The van der Waals surface area contributed by atoms with Gasteiger partial charge in [0.1, 0.15) is 5.75 Å². The summed E-state index contributed by atoms with van der Waals surface area (Å²) in [5, 5.41) is 2.94. The first-order valence-corrected chi connectivity index (χ1v) is 7.80. The van der Waals surface area contributed by atoms with Crippen LogP contribution in [-0.2, 0) is 11.2 Å². The molecular formula is C19H24N2O2. The van der Waals surface area contributed by atoms with Crippen LogP contribution in [0, 0.1) is 20.8 Å². The number of nitrogens with one attached hydrogen (secondary N) is 1. The molecule has 4 nitrogen and oxygen atoms in total. The molecule has 2 aromatic carbocycles. The van der Waals surface area contributed by atoms with Crippen LogP contribution in [0.15, 0.2) is 30.3 Å². The third-order valence-corrected chi connectivity index (χ3v) is 4.00. The fraction of sp³-hybridized carbons (Fsp3) is 0.316. The first-order chi connectivity index (χ1) is 10.9. The van der Waals surface area contributed by atoms with Crippen molar-refractivity contribution < 1.29 is 9.53 Å². The van der Waals surface area contributed by atoms with Crippen LogP contribution in [0.5, 0.6) is 5.75 Å². The maximum atomic E-state index is 12.2. The fourth-order valence-electron chi connectivity index (χ4n) is 2.55. The van der Waals surface area contributed by atoms with Gasteiger partial charge in [0.25, 0.3) is 5.91 Å². The number of carbonyl (C=O) groups excluding carboxylic acids is 1. The first kappa shape index (κ1) is 16.9. The molecule has 2 aromatic rings. The van der Waals surface area contributed by atoms with Crippen molar-refractivity contribution in [3.63, 3.8) is 0 Å². The van der Waals surface area contributed by atoms with Gasteiger partial charge in [-0.1, -0.05) is 19.1 Å². The molecule has 2 rings (SSSR count). The molecule has 0 aliphatic heterocycles. The summed E-state index contributed by atoms with van der Waals surface area (Å²) >= 11 is 0. The number of aryl methyl sites for hydroxylation is 3. The van der Waals surface area contributed by atoms with Crippen LogP contribution in [0.25, 0.3) is 0 Å². The number of nitrogens with two attached hydrogens (primary N) is 1. The van der Waals surface area contributed by atoms with E-state index < -0.39 is 0 Å². The molecule has 0 unspecified atom stereocenters. The number of rotatable bonds is 5. The Morgan fingerprint density at radius 2 is 1.91 bits per heavy atom. The maximum Gasteiger partial charge on any atom is 0.262 e. The highest BCUT2D eigenvalue weighted by atomic mass is 16.5. The van der Waals surface area contributed by atoms with E-state index in [9.17, 15) is 4.79 Å². The predicted molar refractivity (Wildman–Crippen MR) is 95.0 cm³/mol. The first-order valence-electron chi connectivity index (χ1n) is 7.80. The Hall–Kier alpha value is -2.49. The third kappa shape index (κ3) is 4.03. The molecule has 0 fully saturated rings. The van der Waals surface area contributed by atoms with Gasteiger partial charge in [0.05, 0.1) is 0 Å². The molecule has 0 radical (unpaired) electrons. The van der Waals surface area contributed by atoms with Gasteiger partial charge in [-0.25, -0.2) is 0 Å². The highest BCUT2D eigenvalue weighted by molar-refractivity contribution is 5.93. The number of benzene rings is 2. The number of ether oxygens (including phenoxy) is 1. The Morgan fingerprint density at radius 1 is 1.17 bits per heavy atom. The molecular weight excluding hydrogens is 288 g/mol. The lowest BCUT2D eigenvalue weighted by atomic mass is 10.0. The highest BCUT2D eigenvalue weighted by Gasteiger charge is 2.11. The van der Waals surface area contributed by atoms with E-state index in [0.29, 0.717) is 5.69 Å². The van der Waals surface area contributed by atoms with Crippen molar-refractivity contribution >= 4 is 17.3 Å². The van der Waals surface area contributed by atoms with Crippen molar-refractivity contribution in [3.8, 4) is 5.75 Å². The zero-order chi connectivity index (χ0) is 17.0. The standard InChI is InChI=1S/C19H24N2O2/c1-5-15-10-16(20)9-13(3)19(15)21-18(22)11-23-17-8-6-7-12(2)14(17)4/h6-10H,5,11,20H2,1-4H3,(H,21,22). The number of hydrogen-bond acceptors (Lipinski definition) is 3. The molecule has 0 heterocycles. The minimum atomic E-state index is -0.173. The normalized spacial score (nSPS) is 10.4. The van der Waals surface area contributed by atoms with E-state index in [4.69, 9.17) is 10.5 Å². The van der Waals surface area contributed by atoms with Crippen LogP contribution in [0.2, 0.25) is 0 Å². The molecule has 0 aliphatic rings. The molecule has 4 heteroatoms. The van der Waals surface area contributed by atoms with E-state index >= 15 is 0 Å². The summed E-state index contributed by atoms with van der Waals surface area (Å²) in [6.45, 7) is 7.97. The summed E-state index contributed by atoms with van der Waals surface area (Å²) in [6.07, 6.45) is 0.805. The van der Waals surface area contributed by atoms with Crippen LogP contribution in [0.3, 0.4) is 0 Å². The van der Waals surface area contributed by atoms with Gasteiger partial charge in [-0.05, 0) is 67.6 Å². The Labute approximate surface area is 137 Å². The lowest BCUT2D eigenvalue weighted by Gasteiger charge is -2.15. The van der Waals surface area contributed by atoms with Gasteiger partial charge < -0.3 is 15.8 Å². The predicted octanol–water partition coefficient (Wildman–Crippen LogP) is 3.77. The van der Waals surface area contributed by atoms with Gasteiger partial charge in [0, 0.05) is 11.4 Å². The van der Waals surface area contributed by atoms with Gasteiger partial charge >= 0.3 is 0 Å². The van der Waals surface area contributed by atoms with E-state index in [0.717, 1.165) is 40.1 Å². The number of hydrogen-bond donors (Lipinski definition) is 2. The summed E-state index contributed by atoms with van der Waals surface area (Å²) < 4.78 is 5.65. The molecule has 0 saturated carbocycles. The number of nitrogen functional groups attached to an aromatic ring is 1. The number of amides is 1. The Morgan fingerprint density at radius 3 is 2.61 bits per heavy atom. The Kier molecular flexibility index (Phi) is 5.27. The Balaban J connectivity index is 2.07. The van der Waals surface area contributed by atoms with Gasteiger partial charge in [-0.15, -0.1) is 0 Å². The van der Waals surface area contributed by atoms with E-state index in [2.05, 4.69) is 5.32 Å². The van der Waals surface area contributed by atoms with Crippen molar-refractivity contribution in [2.45, 2.75) is 34.1 Å². The third-order valence-electron chi connectivity index (χ3n) is 4.00. The number of carbonyl (C=O) groups is 1. The van der Waals surface area contributed by atoms with Gasteiger partial charge in [-0.3, -0.25) is 4.79 Å². The van der Waals surface area contributed by atoms with E-state index in [1.807, 2.05) is 58.0 Å². The van der Waals surface area contributed by atoms with Crippen molar-refractivity contribution in [1.82, 2.24) is 0 Å². The summed E-state index contributed by atoms with van der Waals surface area (Å²) in [4.78, 5) is 12.2. The molecule has 122 valence electrons. The van der Waals surface area contributed by atoms with E-state index in [1.54, 1.807) is 0 Å². The molecule has 0 aromatic heterocycles. The average Bonchev–Trinajstić information content (AvgIpc) is 2.51. The molecule has 0 saturated heterocycles. The number of anilines is 2. The van der Waals surface area contributed by atoms with Gasteiger partial charge in [0.15, 0.2) is 6.61 Å². The van der Waals surface area contributed by atoms with Crippen LogP contribution < -0.4 is 15.8 Å². The zero-order valence-electron chi connectivity index (χ0n) is 14.2. The lowest BCUT2D eigenvalue weighted by Crippen LogP contribution is -2.22. The molecule has 0 bridgehead atoms. The SMILES string of the molecule is CCc1cc(N)cc(C)c1NC(=O)COc1cccc(C)c1C. The highest BCUT2D eigenvalue weighted by Crippen LogP contribution is 2.25. The molecule has 0 atom stereocenters. The van der Waals surface area contributed by atoms with Crippen LogP contribution in [0.4, 0.5) is 11.4 Å². The van der Waals surface area contributed by atoms with Crippen molar-refractivity contribution in [1.29, 1.82) is 0 Å². The molecule has 23 heavy (non-hydrogen) atoms. The molecule has 1 amide bonds. The summed E-state index contributed by atoms with van der Waals surface area (Å²) in [5.74, 6) is 0.568. The van der Waals surface area contributed by atoms with Gasteiger partial charge in [-0.2, -0.15) is 0 Å². The molecule has 0 aliphatic carbocycles. The van der Waals surface area contributed by atoms with Crippen LogP contribution in [-0.4, -0.2) is 12.5 Å². The van der Waals surface area contributed by atoms with Gasteiger partial charge in [0.2, 0.25) is 0 Å². The van der Waals surface area contributed by atoms with E-state index in [1.165, 1.54) is 0 Å². The molecule has 0 spiro atoms. The maximum absolute atomic E-state index is 12.2. The summed E-state index contributed by atoms with van der Waals surface area (Å²) in [5.41, 5.74) is 11.6. The smallest absolute Gasteiger partial charge is 0.262 e. The van der Waals surface area contributed by atoms with Crippen molar-refractivity contribution in [2.75, 3.05) is 17.7 Å². The monoisotopic (exact) mass is 312 g/mol. The zero-order valence-corrected chi connectivity index (χ0v) is 14.2. The van der Waals surface area contributed by atoms with Crippen LogP contribution >= 0.6 is 0 Å². The average molecular weight is 312 g/mol. The minimum Gasteiger partial charge on any atom is -0.483 e. The quantitative estimate of drug-likeness (QED) is 0.826. The minimum absolute atomic E-state index is 0.0166. The lowest BCUT2D eigenvalue weighted by molar-refractivity contribution is -0.118. The van der Waals surface area contributed by atoms with Crippen molar-refractivity contribution in [3.05, 3.63) is 52.6 Å². The van der Waals surface area contributed by atoms with E-state index in [-0.39, 0.29) is 12.5 Å². The second-order valence-electron chi connectivity index (χ2n) is 5.76. The molecule has 3 N–H and O–H groups in total. The fourth-order valence-corrected chi connectivity index (χ4v) is 2.55. The topological polar surface area (TPSA) is 64.3 Å². The summed E-state index contributed by atoms with van der Waals surface area (Å²) in [7, 11) is 0.